The van der Waals surface area contributed by atoms with Crippen molar-refractivity contribution in [1.29, 1.82) is 0 Å². The van der Waals surface area contributed by atoms with E-state index in [4.69, 9.17) is 16.8 Å². The zero-order valence-corrected chi connectivity index (χ0v) is 11.1. The van der Waals surface area contributed by atoms with Crippen LogP contribution in [0.5, 0.6) is 0 Å². The monoisotopic (exact) mass is 276 g/mol. The predicted molar refractivity (Wildman–Crippen MR) is 74.9 cm³/mol. The number of nitrogens with one attached hydrogen (secondary N) is 1. The van der Waals surface area contributed by atoms with Crippen molar-refractivity contribution >= 4 is 23.6 Å². The van der Waals surface area contributed by atoms with Crippen molar-refractivity contribution in [3.05, 3.63) is 52.4 Å². The van der Waals surface area contributed by atoms with E-state index in [0.29, 0.717) is 17.9 Å². The molecule has 0 spiro atoms. The Morgan fingerprint density at radius 3 is 2.89 bits per heavy atom. The van der Waals surface area contributed by atoms with Crippen LogP contribution in [0.15, 0.2) is 35.7 Å². The highest BCUT2D eigenvalue weighted by atomic mass is 35.5. The van der Waals surface area contributed by atoms with Gasteiger partial charge in [0.05, 0.1) is 11.8 Å². The van der Waals surface area contributed by atoms with Gasteiger partial charge in [-0.05, 0) is 18.1 Å². The first-order valence-electron chi connectivity index (χ1n) is 5.68. The van der Waals surface area contributed by atoms with E-state index in [-0.39, 0.29) is 5.15 Å². The molecule has 0 saturated carbocycles. The zero-order chi connectivity index (χ0) is 13.7. The van der Waals surface area contributed by atoms with Crippen molar-refractivity contribution in [3.63, 3.8) is 0 Å². The minimum atomic E-state index is 0.236. The number of hydrogen-bond acceptors (Lipinski definition) is 5. The molecule has 5 nitrogen and oxygen atoms in total. The molecule has 19 heavy (non-hydrogen) atoms. The van der Waals surface area contributed by atoms with Gasteiger partial charge < -0.3 is 10.5 Å². The Balaban J connectivity index is 2.20. The molecule has 0 aliphatic carbocycles. The fourth-order valence-electron chi connectivity index (χ4n) is 1.67. The summed E-state index contributed by atoms with van der Waals surface area (Å²) in [6.45, 7) is 2.65. The van der Waals surface area contributed by atoms with Crippen molar-refractivity contribution in [1.82, 2.24) is 9.97 Å². The molecular formula is C13H13ClN4O. The molecule has 0 fully saturated rings. The summed E-state index contributed by atoms with van der Waals surface area (Å²) in [7, 11) is 0. The standard InChI is InChI=1S/C13H13ClN4O/c1-9-4-2-3-5-10(9)6-15-13-11(7-18-19)12(14)16-8-17-13/h2-5,7-8,19H,6H2,1H3,(H,15,16,17)/b18-7+. The molecule has 0 amide bonds. The highest BCUT2D eigenvalue weighted by Crippen LogP contribution is 2.18. The van der Waals surface area contributed by atoms with Crippen LogP contribution in [0.2, 0.25) is 5.15 Å². The third-order valence-electron chi connectivity index (χ3n) is 2.73. The average Bonchev–Trinajstić information content (AvgIpc) is 2.41. The van der Waals surface area contributed by atoms with Crippen LogP contribution in [0.3, 0.4) is 0 Å². The first kappa shape index (κ1) is 13.3. The molecule has 2 N–H and O–H groups in total. The lowest BCUT2D eigenvalue weighted by atomic mass is 10.1. The molecule has 0 aliphatic heterocycles. The summed E-state index contributed by atoms with van der Waals surface area (Å²) in [5.41, 5.74) is 2.80. The van der Waals surface area contributed by atoms with Gasteiger partial charge in [0.25, 0.3) is 0 Å². The molecule has 2 rings (SSSR count). The second kappa shape index (κ2) is 6.15. The van der Waals surface area contributed by atoms with Gasteiger partial charge in [0, 0.05) is 6.54 Å². The van der Waals surface area contributed by atoms with Crippen LogP contribution in [0, 0.1) is 6.92 Å². The lowest BCUT2D eigenvalue weighted by molar-refractivity contribution is 0.322. The highest BCUT2D eigenvalue weighted by Gasteiger charge is 2.08. The first-order chi connectivity index (χ1) is 9.22. The minimum absolute atomic E-state index is 0.236. The van der Waals surface area contributed by atoms with Crippen LogP contribution in [0.4, 0.5) is 5.82 Å². The number of oxime groups is 1. The van der Waals surface area contributed by atoms with Gasteiger partial charge in [0.1, 0.15) is 17.3 Å². The van der Waals surface area contributed by atoms with Crippen LogP contribution >= 0.6 is 11.6 Å². The molecule has 98 valence electrons. The van der Waals surface area contributed by atoms with E-state index in [9.17, 15) is 0 Å². The van der Waals surface area contributed by atoms with Crippen molar-refractivity contribution in [3.8, 4) is 0 Å². The number of aromatic nitrogens is 2. The maximum absolute atomic E-state index is 8.63. The number of hydrogen-bond donors (Lipinski definition) is 2. The second-order valence-electron chi connectivity index (χ2n) is 3.95. The van der Waals surface area contributed by atoms with E-state index in [1.807, 2.05) is 31.2 Å². The summed E-state index contributed by atoms with van der Waals surface area (Å²) in [6.07, 6.45) is 2.57. The van der Waals surface area contributed by atoms with Gasteiger partial charge in [0.2, 0.25) is 0 Å². The van der Waals surface area contributed by atoms with Gasteiger partial charge in [0.15, 0.2) is 0 Å². The topological polar surface area (TPSA) is 70.4 Å². The molecular weight excluding hydrogens is 264 g/mol. The Bertz CT molecular complexity index is 601. The van der Waals surface area contributed by atoms with Crippen LogP contribution in [-0.2, 0) is 6.54 Å². The Labute approximate surface area is 116 Å². The first-order valence-corrected chi connectivity index (χ1v) is 6.06. The molecule has 1 aromatic carbocycles. The molecule has 1 heterocycles. The molecule has 0 saturated heterocycles. The fourth-order valence-corrected chi connectivity index (χ4v) is 1.86. The lowest BCUT2D eigenvalue weighted by Crippen LogP contribution is -2.06. The number of rotatable bonds is 4. The molecule has 0 atom stereocenters. The van der Waals surface area contributed by atoms with Gasteiger partial charge in [-0.1, -0.05) is 41.0 Å². The van der Waals surface area contributed by atoms with Crippen molar-refractivity contribution in [2.45, 2.75) is 13.5 Å². The van der Waals surface area contributed by atoms with Crippen LogP contribution in [-0.4, -0.2) is 21.4 Å². The van der Waals surface area contributed by atoms with Crippen molar-refractivity contribution in [2.24, 2.45) is 5.16 Å². The third kappa shape index (κ3) is 3.20. The molecule has 0 bridgehead atoms. The predicted octanol–water partition coefficient (Wildman–Crippen LogP) is 2.86. The van der Waals surface area contributed by atoms with Crippen LogP contribution in [0.1, 0.15) is 16.7 Å². The van der Waals surface area contributed by atoms with Gasteiger partial charge in [-0.25, -0.2) is 9.97 Å². The summed E-state index contributed by atoms with van der Waals surface area (Å²) in [4.78, 5) is 7.94. The molecule has 0 aliphatic rings. The Hall–Kier alpha value is -2.14. The van der Waals surface area contributed by atoms with E-state index < -0.39 is 0 Å². The average molecular weight is 277 g/mol. The fraction of sp³-hybridized carbons (Fsp3) is 0.154. The third-order valence-corrected chi connectivity index (χ3v) is 3.03. The van der Waals surface area contributed by atoms with E-state index in [0.717, 1.165) is 5.56 Å². The Kier molecular flexibility index (Phi) is 4.30. The maximum Gasteiger partial charge on any atom is 0.143 e. The molecule has 2 aromatic rings. The summed E-state index contributed by atoms with van der Waals surface area (Å²) in [5.74, 6) is 0.529. The number of anilines is 1. The van der Waals surface area contributed by atoms with E-state index >= 15 is 0 Å². The Morgan fingerprint density at radius 2 is 2.16 bits per heavy atom. The van der Waals surface area contributed by atoms with Crippen molar-refractivity contribution < 1.29 is 5.21 Å². The summed E-state index contributed by atoms with van der Waals surface area (Å²) >= 11 is 5.93. The van der Waals surface area contributed by atoms with Crippen LogP contribution in [0.25, 0.3) is 0 Å². The number of benzene rings is 1. The summed E-state index contributed by atoms with van der Waals surface area (Å²) in [6, 6.07) is 8.04. The van der Waals surface area contributed by atoms with Gasteiger partial charge >= 0.3 is 0 Å². The molecule has 1 aromatic heterocycles. The second-order valence-corrected chi connectivity index (χ2v) is 4.31. The lowest BCUT2D eigenvalue weighted by Gasteiger charge is -2.10. The number of halogens is 1. The Morgan fingerprint density at radius 1 is 1.37 bits per heavy atom. The normalized spacial score (nSPS) is 10.8. The summed E-state index contributed by atoms with van der Waals surface area (Å²) < 4.78 is 0. The van der Waals surface area contributed by atoms with Crippen LogP contribution < -0.4 is 5.32 Å². The van der Waals surface area contributed by atoms with E-state index in [1.165, 1.54) is 18.1 Å². The van der Waals surface area contributed by atoms with Gasteiger partial charge in [-0.15, -0.1) is 0 Å². The largest absolute Gasteiger partial charge is 0.411 e. The van der Waals surface area contributed by atoms with Gasteiger partial charge in [-0.2, -0.15) is 0 Å². The number of nitrogens with zero attached hydrogens (tertiary/aromatic N) is 3. The highest BCUT2D eigenvalue weighted by molar-refractivity contribution is 6.32. The molecule has 0 unspecified atom stereocenters. The maximum atomic E-state index is 8.63. The smallest absolute Gasteiger partial charge is 0.143 e. The quantitative estimate of drug-likeness (QED) is 0.390. The van der Waals surface area contributed by atoms with E-state index in [1.54, 1.807) is 0 Å². The SMILES string of the molecule is Cc1ccccc1CNc1ncnc(Cl)c1/C=N/O. The van der Waals surface area contributed by atoms with E-state index in [2.05, 4.69) is 20.4 Å². The molecule has 0 radical (unpaired) electrons. The summed E-state index contributed by atoms with van der Waals surface area (Å²) in [5, 5.41) is 15.0. The number of aryl methyl sites for hydroxylation is 1. The van der Waals surface area contributed by atoms with Crippen molar-refractivity contribution in [2.75, 3.05) is 5.32 Å². The minimum Gasteiger partial charge on any atom is -0.411 e. The zero-order valence-electron chi connectivity index (χ0n) is 10.3. The van der Waals surface area contributed by atoms with Gasteiger partial charge in [-0.3, -0.25) is 0 Å². The molecule has 6 heteroatoms.